The molecule has 2 unspecified atom stereocenters. The van der Waals surface area contributed by atoms with Gasteiger partial charge in [0.05, 0.1) is 6.10 Å². The predicted octanol–water partition coefficient (Wildman–Crippen LogP) is 3.55. The summed E-state index contributed by atoms with van der Waals surface area (Å²) in [5.41, 5.74) is 1.61. The molecule has 0 aliphatic carbocycles. The average molecular weight is 437 g/mol. The molecule has 1 heterocycles. The van der Waals surface area contributed by atoms with Crippen molar-refractivity contribution in [2.45, 2.75) is 52.4 Å². The molecule has 32 heavy (non-hydrogen) atoms. The maximum absolute atomic E-state index is 12.8. The lowest BCUT2D eigenvalue weighted by Crippen LogP contribution is -2.48. The van der Waals surface area contributed by atoms with Gasteiger partial charge in [-0.15, -0.1) is 0 Å². The molecule has 1 N–H and O–H groups in total. The minimum atomic E-state index is -0.894. The lowest BCUT2D eigenvalue weighted by Gasteiger charge is -2.22. The Kier molecular flexibility index (Phi) is 7.30. The van der Waals surface area contributed by atoms with Gasteiger partial charge in [0.1, 0.15) is 17.4 Å². The molecular weight excluding hydrogens is 410 g/mol. The standard InChI is InChI=1S/C25H27NO6/c1-15(2)30-25(29)21(13-18-8-6-5-7-9-18)26-24(28)17(4)31-19-10-11-20-16(3)12-23(27)32-22(20)14-19/h5-12,14-15,17,21H,13H2,1-4H3,(H,26,28). The number of esters is 1. The molecular formula is C25H27NO6. The second kappa shape index (κ2) is 10.1. The zero-order chi connectivity index (χ0) is 23.3. The summed E-state index contributed by atoms with van der Waals surface area (Å²) in [6.45, 7) is 6.91. The molecule has 168 valence electrons. The summed E-state index contributed by atoms with van der Waals surface area (Å²) in [6, 6.07) is 15.0. The molecule has 0 spiro atoms. The van der Waals surface area contributed by atoms with E-state index < -0.39 is 29.6 Å². The van der Waals surface area contributed by atoms with Gasteiger partial charge in [-0.25, -0.2) is 9.59 Å². The SMILES string of the molecule is Cc1cc(=O)oc2cc(OC(C)C(=O)NC(Cc3ccccc3)C(=O)OC(C)C)ccc12. The smallest absolute Gasteiger partial charge is 0.336 e. The fraction of sp³-hybridized carbons (Fsp3) is 0.320. The van der Waals surface area contributed by atoms with Crippen LogP contribution in [0.15, 0.2) is 63.8 Å². The summed E-state index contributed by atoms with van der Waals surface area (Å²) in [5, 5.41) is 3.52. The van der Waals surface area contributed by atoms with Gasteiger partial charge in [0, 0.05) is 23.9 Å². The number of aryl methyl sites for hydroxylation is 1. The maximum atomic E-state index is 12.8. The lowest BCUT2D eigenvalue weighted by atomic mass is 10.1. The molecule has 0 saturated carbocycles. The summed E-state index contributed by atoms with van der Waals surface area (Å²) in [6.07, 6.45) is -0.901. The van der Waals surface area contributed by atoms with Gasteiger partial charge in [-0.2, -0.15) is 0 Å². The van der Waals surface area contributed by atoms with Crippen LogP contribution < -0.4 is 15.7 Å². The van der Waals surface area contributed by atoms with Gasteiger partial charge in [0.25, 0.3) is 5.91 Å². The van der Waals surface area contributed by atoms with Crippen LogP contribution in [0.2, 0.25) is 0 Å². The first-order valence-electron chi connectivity index (χ1n) is 10.5. The average Bonchev–Trinajstić information content (AvgIpc) is 2.73. The van der Waals surface area contributed by atoms with E-state index in [1.165, 1.54) is 6.07 Å². The number of amides is 1. The number of benzene rings is 2. The monoisotopic (exact) mass is 437 g/mol. The van der Waals surface area contributed by atoms with Crippen molar-refractivity contribution in [2.75, 3.05) is 0 Å². The number of nitrogens with one attached hydrogen (secondary N) is 1. The van der Waals surface area contributed by atoms with Crippen molar-refractivity contribution in [3.63, 3.8) is 0 Å². The van der Waals surface area contributed by atoms with Gasteiger partial charge in [-0.05, 0) is 51.0 Å². The maximum Gasteiger partial charge on any atom is 0.336 e. The van der Waals surface area contributed by atoms with Crippen LogP contribution in [-0.4, -0.2) is 30.1 Å². The lowest BCUT2D eigenvalue weighted by molar-refractivity contribution is -0.152. The van der Waals surface area contributed by atoms with Gasteiger partial charge in [0.2, 0.25) is 0 Å². The third-order valence-electron chi connectivity index (χ3n) is 4.84. The number of fused-ring (bicyclic) bond motifs is 1. The van der Waals surface area contributed by atoms with Crippen molar-refractivity contribution in [2.24, 2.45) is 0 Å². The highest BCUT2D eigenvalue weighted by Gasteiger charge is 2.26. The largest absolute Gasteiger partial charge is 0.481 e. The highest BCUT2D eigenvalue weighted by Crippen LogP contribution is 2.23. The molecule has 0 saturated heterocycles. The molecule has 7 heteroatoms. The summed E-state index contributed by atoms with van der Waals surface area (Å²) in [7, 11) is 0. The van der Waals surface area contributed by atoms with Crippen LogP contribution in [0, 0.1) is 6.92 Å². The van der Waals surface area contributed by atoms with Crippen LogP contribution in [0.25, 0.3) is 11.0 Å². The Morgan fingerprint density at radius 2 is 1.75 bits per heavy atom. The second-order valence-corrected chi connectivity index (χ2v) is 7.90. The van der Waals surface area contributed by atoms with Crippen molar-refractivity contribution >= 4 is 22.8 Å². The molecule has 7 nitrogen and oxygen atoms in total. The number of ether oxygens (including phenoxy) is 2. The van der Waals surface area contributed by atoms with Gasteiger partial charge >= 0.3 is 11.6 Å². The Morgan fingerprint density at radius 3 is 2.44 bits per heavy atom. The van der Waals surface area contributed by atoms with E-state index in [-0.39, 0.29) is 6.10 Å². The minimum absolute atomic E-state index is 0.297. The minimum Gasteiger partial charge on any atom is -0.481 e. The normalized spacial score (nSPS) is 12.9. The van der Waals surface area contributed by atoms with E-state index in [1.807, 2.05) is 37.3 Å². The van der Waals surface area contributed by atoms with Crippen LogP contribution in [0.4, 0.5) is 0 Å². The summed E-state index contributed by atoms with van der Waals surface area (Å²) in [4.78, 5) is 37.0. The van der Waals surface area contributed by atoms with E-state index in [1.54, 1.807) is 39.0 Å². The molecule has 0 bridgehead atoms. The first kappa shape index (κ1) is 23.1. The van der Waals surface area contributed by atoms with Crippen LogP contribution >= 0.6 is 0 Å². The van der Waals surface area contributed by atoms with Crippen LogP contribution in [0.5, 0.6) is 5.75 Å². The molecule has 3 aromatic rings. The number of rotatable bonds is 8. The fourth-order valence-corrected chi connectivity index (χ4v) is 3.28. The van der Waals surface area contributed by atoms with Gasteiger partial charge in [-0.1, -0.05) is 30.3 Å². The van der Waals surface area contributed by atoms with Crippen LogP contribution in [0.3, 0.4) is 0 Å². The third kappa shape index (κ3) is 5.97. The first-order chi connectivity index (χ1) is 15.2. The molecule has 1 amide bonds. The number of hydrogen-bond donors (Lipinski definition) is 1. The van der Waals surface area contributed by atoms with Crippen LogP contribution in [0.1, 0.15) is 31.9 Å². The van der Waals surface area contributed by atoms with E-state index in [0.29, 0.717) is 17.8 Å². The Morgan fingerprint density at radius 1 is 1.03 bits per heavy atom. The quantitative estimate of drug-likeness (QED) is 0.428. The molecule has 3 rings (SSSR count). The van der Waals surface area contributed by atoms with E-state index >= 15 is 0 Å². The Labute approximate surface area is 186 Å². The zero-order valence-corrected chi connectivity index (χ0v) is 18.6. The molecule has 0 fully saturated rings. The van der Waals surface area contributed by atoms with Crippen molar-refractivity contribution in [1.82, 2.24) is 5.32 Å². The zero-order valence-electron chi connectivity index (χ0n) is 18.6. The summed E-state index contributed by atoms with van der Waals surface area (Å²) >= 11 is 0. The molecule has 2 atom stereocenters. The van der Waals surface area contributed by atoms with Gasteiger partial charge in [-0.3, -0.25) is 4.79 Å². The van der Waals surface area contributed by atoms with E-state index in [0.717, 1.165) is 16.5 Å². The fourth-order valence-electron chi connectivity index (χ4n) is 3.28. The Balaban J connectivity index is 1.73. The molecule has 1 aromatic heterocycles. The number of carbonyl (C=O) groups excluding carboxylic acids is 2. The van der Waals surface area contributed by atoms with Crippen molar-refractivity contribution in [3.05, 3.63) is 76.1 Å². The molecule has 0 aliphatic heterocycles. The Bertz CT molecular complexity index is 1150. The topological polar surface area (TPSA) is 94.8 Å². The van der Waals surface area contributed by atoms with E-state index in [9.17, 15) is 14.4 Å². The molecule has 2 aromatic carbocycles. The number of carbonyl (C=O) groups is 2. The Hall–Kier alpha value is -3.61. The highest BCUT2D eigenvalue weighted by atomic mass is 16.5. The van der Waals surface area contributed by atoms with Crippen molar-refractivity contribution < 1.29 is 23.5 Å². The van der Waals surface area contributed by atoms with Crippen LogP contribution in [-0.2, 0) is 20.7 Å². The second-order valence-electron chi connectivity index (χ2n) is 7.90. The molecule has 0 radical (unpaired) electrons. The van der Waals surface area contributed by atoms with Gasteiger partial charge in [0.15, 0.2) is 6.10 Å². The van der Waals surface area contributed by atoms with Gasteiger partial charge < -0.3 is 19.2 Å². The molecule has 0 aliphatic rings. The summed E-state index contributed by atoms with van der Waals surface area (Å²) < 4.78 is 16.3. The first-order valence-corrected chi connectivity index (χ1v) is 10.5. The predicted molar refractivity (Wildman–Crippen MR) is 121 cm³/mol. The highest BCUT2D eigenvalue weighted by molar-refractivity contribution is 5.87. The number of hydrogen-bond acceptors (Lipinski definition) is 6. The van der Waals surface area contributed by atoms with E-state index in [2.05, 4.69) is 5.32 Å². The van der Waals surface area contributed by atoms with Crippen molar-refractivity contribution in [1.29, 1.82) is 0 Å². The third-order valence-corrected chi connectivity index (χ3v) is 4.84. The summed E-state index contributed by atoms with van der Waals surface area (Å²) in [5.74, 6) is -0.594. The van der Waals surface area contributed by atoms with Crippen molar-refractivity contribution in [3.8, 4) is 5.75 Å². The van der Waals surface area contributed by atoms with E-state index in [4.69, 9.17) is 13.9 Å².